The van der Waals surface area contributed by atoms with Crippen molar-refractivity contribution in [2.45, 2.75) is 13.5 Å². The van der Waals surface area contributed by atoms with E-state index in [0.717, 1.165) is 22.6 Å². The first kappa shape index (κ1) is 19.7. The monoisotopic (exact) mass is 422 g/mol. The molecule has 0 aromatic carbocycles. The molecule has 0 fully saturated rings. The summed E-state index contributed by atoms with van der Waals surface area (Å²) < 4.78 is 17.0. The molecule has 0 aliphatic heterocycles. The number of carbonyl (C=O) groups is 1. The second kappa shape index (κ2) is 8.42. The maximum atomic E-state index is 13.3. The molecule has 0 radical (unpaired) electrons. The first-order chi connectivity index (χ1) is 14.5. The zero-order valence-corrected chi connectivity index (χ0v) is 17.2. The fourth-order valence-electron chi connectivity index (χ4n) is 2.91. The highest BCUT2D eigenvalue weighted by Gasteiger charge is 2.13. The molecule has 152 valence electrons. The Morgan fingerprint density at radius 3 is 2.93 bits per heavy atom. The van der Waals surface area contributed by atoms with E-state index in [1.165, 1.54) is 23.6 Å². The van der Waals surface area contributed by atoms with Gasteiger partial charge < -0.3 is 9.13 Å². The molecule has 0 aliphatic rings. The Bertz CT molecular complexity index is 1220. The van der Waals surface area contributed by atoms with E-state index >= 15 is 0 Å². The normalized spacial score (nSPS) is 11.3. The highest BCUT2D eigenvalue weighted by molar-refractivity contribution is 7.14. The van der Waals surface area contributed by atoms with Gasteiger partial charge in [-0.15, -0.1) is 11.3 Å². The molecule has 4 aromatic heterocycles. The summed E-state index contributed by atoms with van der Waals surface area (Å²) >= 11 is 1.34. The van der Waals surface area contributed by atoms with Gasteiger partial charge in [-0.1, -0.05) is 0 Å². The van der Waals surface area contributed by atoms with Crippen LogP contribution in [0.4, 0.5) is 9.52 Å². The van der Waals surface area contributed by atoms with Crippen molar-refractivity contribution < 1.29 is 9.18 Å². The number of imidazole rings is 1. The number of halogens is 1. The van der Waals surface area contributed by atoms with E-state index in [1.54, 1.807) is 35.3 Å². The maximum absolute atomic E-state index is 13.3. The highest BCUT2D eigenvalue weighted by Crippen LogP contribution is 2.19. The van der Waals surface area contributed by atoms with Crippen LogP contribution in [-0.4, -0.2) is 30.0 Å². The lowest BCUT2D eigenvalue weighted by molar-refractivity contribution is 0.101. The van der Waals surface area contributed by atoms with Crippen molar-refractivity contribution in [3.63, 3.8) is 0 Å². The van der Waals surface area contributed by atoms with E-state index in [-0.39, 0.29) is 5.91 Å². The van der Waals surface area contributed by atoms with Gasteiger partial charge >= 0.3 is 0 Å². The van der Waals surface area contributed by atoms with Gasteiger partial charge in [0.15, 0.2) is 5.13 Å². The molecule has 0 saturated heterocycles. The molecule has 0 spiro atoms. The smallest absolute Gasteiger partial charge is 0.274 e. The number of hydrogen-bond acceptors (Lipinski definition) is 5. The summed E-state index contributed by atoms with van der Waals surface area (Å²) in [5.41, 5.74) is 3.86. The minimum atomic E-state index is -0.546. The van der Waals surface area contributed by atoms with Crippen molar-refractivity contribution in [1.82, 2.24) is 24.1 Å². The average molecular weight is 422 g/mol. The van der Waals surface area contributed by atoms with Gasteiger partial charge in [-0.25, -0.2) is 15.0 Å². The topological polar surface area (TPSA) is 77.6 Å². The van der Waals surface area contributed by atoms with Crippen LogP contribution < -0.4 is 5.32 Å². The van der Waals surface area contributed by atoms with Gasteiger partial charge in [0.05, 0.1) is 17.7 Å². The molecule has 7 nitrogen and oxygen atoms in total. The number of pyridine rings is 1. The molecule has 0 atom stereocenters. The Balaban J connectivity index is 1.44. The number of anilines is 1. The lowest BCUT2D eigenvalue weighted by Gasteiger charge is -2.09. The summed E-state index contributed by atoms with van der Waals surface area (Å²) in [5, 5.41) is 5.19. The summed E-state index contributed by atoms with van der Waals surface area (Å²) in [6.07, 6.45) is 8.71. The van der Waals surface area contributed by atoms with Crippen LogP contribution in [0.1, 0.15) is 33.1 Å². The standard InChI is InChI=1S/C21H19FN6OS/c1-14-17(24-13-27(14)2)6-5-16-12-30-21(25-16)26-20(29)18-4-3-9-28(18)11-15-7-8-23-19(22)10-15/h3-10,12-13H,11H2,1-2H3,(H,25,26,29)/b6-5+. The minimum Gasteiger partial charge on any atom is -0.339 e. The molecule has 30 heavy (non-hydrogen) atoms. The number of carbonyl (C=O) groups excluding carboxylic acids is 1. The van der Waals surface area contributed by atoms with Crippen LogP contribution in [0.25, 0.3) is 12.2 Å². The highest BCUT2D eigenvalue weighted by atomic mass is 32.1. The van der Waals surface area contributed by atoms with E-state index in [2.05, 4.69) is 20.3 Å². The fourth-order valence-corrected chi connectivity index (χ4v) is 3.59. The second-order valence-corrected chi connectivity index (χ2v) is 7.56. The van der Waals surface area contributed by atoms with Crippen LogP contribution in [0.2, 0.25) is 0 Å². The number of aryl methyl sites for hydroxylation is 1. The van der Waals surface area contributed by atoms with Crippen LogP contribution >= 0.6 is 11.3 Å². The SMILES string of the molecule is Cc1c(/C=C/c2csc(NC(=O)c3cccn3Cc3ccnc(F)c3)n2)ncn1C. The molecular formula is C21H19FN6OS. The molecule has 9 heteroatoms. The maximum Gasteiger partial charge on any atom is 0.274 e. The third kappa shape index (κ3) is 4.36. The largest absolute Gasteiger partial charge is 0.339 e. The summed E-state index contributed by atoms with van der Waals surface area (Å²) in [4.78, 5) is 25.0. The molecule has 1 N–H and O–H groups in total. The minimum absolute atomic E-state index is 0.278. The average Bonchev–Trinajstić information content (AvgIpc) is 3.43. The van der Waals surface area contributed by atoms with Gasteiger partial charge in [-0.05, 0) is 48.9 Å². The van der Waals surface area contributed by atoms with Gasteiger partial charge in [0.25, 0.3) is 5.91 Å². The summed E-state index contributed by atoms with van der Waals surface area (Å²) in [6, 6.07) is 6.56. The van der Waals surface area contributed by atoms with Crippen LogP contribution in [0.5, 0.6) is 0 Å². The lowest BCUT2D eigenvalue weighted by atomic mass is 10.2. The Morgan fingerprint density at radius 1 is 1.30 bits per heavy atom. The third-order valence-electron chi connectivity index (χ3n) is 4.63. The number of aromatic nitrogens is 5. The van der Waals surface area contributed by atoms with Gasteiger partial charge in [0.1, 0.15) is 5.69 Å². The van der Waals surface area contributed by atoms with Crippen molar-refractivity contribution in [1.29, 1.82) is 0 Å². The molecule has 0 saturated carbocycles. The molecular weight excluding hydrogens is 403 g/mol. The summed E-state index contributed by atoms with van der Waals surface area (Å²) in [5.74, 6) is -0.824. The van der Waals surface area contributed by atoms with Crippen LogP contribution in [-0.2, 0) is 13.6 Å². The number of nitrogens with one attached hydrogen (secondary N) is 1. The predicted octanol–water partition coefficient (Wildman–Crippen LogP) is 3.99. The number of rotatable bonds is 6. The van der Waals surface area contributed by atoms with E-state index < -0.39 is 5.95 Å². The molecule has 0 unspecified atom stereocenters. The van der Waals surface area contributed by atoms with Crippen molar-refractivity contribution in [2.24, 2.45) is 7.05 Å². The quantitative estimate of drug-likeness (QED) is 0.477. The Labute approximate surface area is 176 Å². The van der Waals surface area contributed by atoms with E-state index in [9.17, 15) is 9.18 Å². The molecule has 4 heterocycles. The zero-order chi connectivity index (χ0) is 21.1. The van der Waals surface area contributed by atoms with Crippen molar-refractivity contribution in [2.75, 3.05) is 5.32 Å². The molecule has 4 rings (SSSR count). The van der Waals surface area contributed by atoms with Gasteiger partial charge in [0, 0.05) is 37.1 Å². The third-order valence-corrected chi connectivity index (χ3v) is 5.41. The second-order valence-electron chi connectivity index (χ2n) is 6.70. The van der Waals surface area contributed by atoms with Crippen LogP contribution in [0.3, 0.4) is 0 Å². The van der Waals surface area contributed by atoms with Crippen molar-refractivity contribution >= 4 is 34.5 Å². The van der Waals surface area contributed by atoms with E-state index in [4.69, 9.17) is 0 Å². The Kier molecular flexibility index (Phi) is 5.53. The molecule has 4 aromatic rings. The molecule has 0 aliphatic carbocycles. The number of hydrogen-bond donors (Lipinski definition) is 1. The molecule has 0 bridgehead atoms. The van der Waals surface area contributed by atoms with Gasteiger partial charge in [-0.2, -0.15) is 4.39 Å². The molecule has 1 amide bonds. The summed E-state index contributed by atoms with van der Waals surface area (Å²) in [7, 11) is 1.94. The zero-order valence-electron chi connectivity index (χ0n) is 16.4. The predicted molar refractivity (Wildman–Crippen MR) is 115 cm³/mol. The Morgan fingerprint density at radius 2 is 2.17 bits per heavy atom. The van der Waals surface area contributed by atoms with E-state index in [0.29, 0.717) is 17.4 Å². The van der Waals surface area contributed by atoms with Crippen molar-refractivity contribution in [3.05, 3.63) is 82.7 Å². The van der Waals surface area contributed by atoms with Crippen LogP contribution in [0.15, 0.2) is 48.4 Å². The first-order valence-corrected chi connectivity index (χ1v) is 10.1. The first-order valence-electron chi connectivity index (χ1n) is 9.18. The number of amides is 1. The van der Waals surface area contributed by atoms with E-state index in [1.807, 2.05) is 36.1 Å². The Hall–Kier alpha value is -3.59. The van der Waals surface area contributed by atoms with Gasteiger partial charge in [0.2, 0.25) is 5.95 Å². The fraction of sp³-hybridized carbons (Fsp3) is 0.143. The lowest BCUT2D eigenvalue weighted by Crippen LogP contribution is -2.17. The van der Waals surface area contributed by atoms with Crippen LogP contribution in [0, 0.1) is 12.9 Å². The number of nitrogens with zero attached hydrogens (tertiary/aromatic N) is 5. The number of thiazole rings is 1. The van der Waals surface area contributed by atoms with Crippen molar-refractivity contribution in [3.8, 4) is 0 Å². The summed E-state index contributed by atoms with van der Waals surface area (Å²) in [6.45, 7) is 2.36. The van der Waals surface area contributed by atoms with Gasteiger partial charge in [-0.3, -0.25) is 10.1 Å².